The molecule has 3 aromatic rings. The Labute approximate surface area is 176 Å². The van der Waals surface area contributed by atoms with Crippen LogP contribution in [-0.4, -0.2) is 34.4 Å². The number of benzene rings is 2. The van der Waals surface area contributed by atoms with Crippen molar-refractivity contribution in [3.63, 3.8) is 0 Å². The number of carbonyl (C=O) groups excluding carboxylic acids is 2. The van der Waals surface area contributed by atoms with Gasteiger partial charge in [0.15, 0.2) is 6.61 Å². The molecule has 1 aromatic heterocycles. The van der Waals surface area contributed by atoms with Gasteiger partial charge in [-0.3, -0.25) is 9.59 Å². The van der Waals surface area contributed by atoms with Gasteiger partial charge in [0, 0.05) is 17.5 Å². The van der Waals surface area contributed by atoms with Gasteiger partial charge in [-0.1, -0.05) is 35.3 Å². The third kappa shape index (κ3) is 3.83. The molecule has 0 radical (unpaired) electrons. The molecule has 2 heterocycles. The van der Waals surface area contributed by atoms with Crippen molar-refractivity contribution in [3.8, 4) is 5.88 Å². The van der Waals surface area contributed by atoms with E-state index in [1.165, 1.54) is 6.33 Å². The molecule has 0 aliphatic carbocycles. The van der Waals surface area contributed by atoms with Crippen molar-refractivity contribution in [1.82, 2.24) is 9.97 Å². The Kier molecular flexibility index (Phi) is 5.25. The highest BCUT2D eigenvalue weighted by Crippen LogP contribution is 2.33. The molecule has 7 nitrogen and oxygen atoms in total. The van der Waals surface area contributed by atoms with E-state index < -0.39 is 0 Å². The first-order valence-corrected chi connectivity index (χ1v) is 9.63. The summed E-state index contributed by atoms with van der Waals surface area (Å²) in [6.45, 7) is 1.54. The number of amides is 2. The van der Waals surface area contributed by atoms with E-state index in [9.17, 15) is 9.59 Å². The number of aromatic nitrogens is 2. The summed E-state index contributed by atoms with van der Waals surface area (Å²) >= 11 is 12.3. The molecule has 4 rings (SSSR count). The average molecular weight is 431 g/mol. The van der Waals surface area contributed by atoms with Crippen LogP contribution in [0.3, 0.4) is 0 Å². The molecule has 29 heavy (non-hydrogen) atoms. The molecule has 148 valence electrons. The Morgan fingerprint density at radius 3 is 2.90 bits per heavy atom. The Morgan fingerprint density at radius 1 is 1.28 bits per heavy atom. The predicted octanol–water partition coefficient (Wildman–Crippen LogP) is 4.08. The molecule has 1 N–H and O–H groups in total. The Hall–Kier alpha value is -2.90. The van der Waals surface area contributed by atoms with Gasteiger partial charge in [-0.25, -0.2) is 9.97 Å². The number of ether oxygens (including phenoxy) is 1. The number of nitrogens with zero attached hydrogens (tertiary/aromatic N) is 3. The van der Waals surface area contributed by atoms with Gasteiger partial charge in [0.25, 0.3) is 5.91 Å². The lowest BCUT2D eigenvalue weighted by Crippen LogP contribution is -2.41. The van der Waals surface area contributed by atoms with Crippen molar-refractivity contribution < 1.29 is 14.3 Å². The summed E-state index contributed by atoms with van der Waals surface area (Å²) in [4.78, 5) is 34.9. The van der Waals surface area contributed by atoms with Crippen LogP contribution in [-0.2, 0) is 9.59 Å². The second kappa shape index (κ2) is 7.85. The third-order valence-corrected chi connectivity index (χ3v) is 5.09. The van der Waals surface area contributed by atoms with Gasteiger partial charge in [-0.15, -0.1) is 0 Å². The molecule has 0 bridgehead atoms. The number of hydrogen-bond donors (Lipinski definition) is 1. The standard InChI is InChI=1S/C20H16Cl2N4O3/c1-11-6-17(27)25-15-4-2-3-5-16(15)26(11)18(28)9-29-20-13-7-12(21)8-14(22)19(13)23-10-24-20/h2-5,7-8,10-11H,6,9H2,1H3,(H,25,27). The zero-order valence-electron chi connectivity index (χ0n) is 15.4. The van der Waals surface area contributed by atoms with Crippen LogP contribution in [0.15, 0.2) is 42.7 Å². The van der Waals surface area contributed by atoms with Gasteiger partial charge < -0.3 is 15.0 Å². The molecular weight excluding hydrogens is 415 g/mol. The van der Waals surface area contributed by atoms with Crippen LogP contribution in [0, 0.1) is 0 Å². The van der Waals surface area contributed by atoms with Crippen LogP contribution >= 0.6 is 23.2 Å². The summed E-state index contributed by atoms with van der Waals surface area (Å²) in [5.74, 6) is -0.244. The van der Waals surface area contributed by atoms with Crippen LogP contribution < -0.4 is 15.0 Å². The van der Waals surface area contributed by atoms with Crippen LogP contribution in [0.5, 0.6) is 5.88 Å². The molecule has 0 fully saturated rings. The van der Waals surface area contributed by atoms with Crippen molar-refractivity contribution in [3.05, 3.63) is 52.8 Å². The van der Waals surface area contributed by atoms with Gasteiger partial charge in [0.1, 0.15) is 6.33 Å². The summed E-state index contributed by atoms with van der Waals surface area (Å²) in [5.41, 5.74) is 1.69. The van der Waals surface area contributed by atoms with Crippen LogP contribution in [0.2, 0.25) is 10.0 Å². The highest BCUT2D eigenvalue weighted by molar-refractivity contribution is 6.38. The lowest BCUT2D eigenvalue weighted by molar-refractivity contribution is -0.121. The predicted molar refractivity (Wildman–Crippen MR) is 112 cm³/mol. The third-order valence-electron chi connectivity index (χ3n) is 4.58. The minimum absolute atomic E-state index is 0.146. The van der Waals surface area contributed by atoms with Crippen LogP contribution in [0.25, 0.3) is 10.9 Å². The highest BCUT2D eigenvalue weighted by Gasteiger charge is 2.30. The van der Waals surface area contributed by atoms with Gasteiger partial charge >= 0.3 is 0 Å². The van der Waals surface area contributed by atoms with E-state index in [1.54, 1.807) is 35.2 Å². The molecule has 2 aromatic carbocycles. The van der Waals surface area contributed by atoms with E-state index in [2.05, 4.69) is 15.3 Å². The maximum Gasteiger partial charge on any atom is 0.265 e. The first-order valence-electron chi connectivity index (χ1n) is 8.87. The Bertz CT molecular complexity index is 1120. The number of nitrogens with one attached hydrogen (secondary N) is 1. The molecule has 0 saturated heterocycles. The first kappa shape index (κ1) is 19.4. The summed E-state index contributed by atoms with van der Waals surface area (Å²) in [6, 6.07) is 10.0. The minimum atomic E-state index is -0.333. The van der Waals surface area contributed by atoms with Crippen molar-refractivity contribution in [2.24, 2.45) is 0 Å². The van der Waals surface area contributed by atoms with Gasteiger partial charge in [0.2, 0.25) is 11.8 Å². The fourth-order valence-electron chi connectivity index (χ4n) is 3.35. The molecule has 1 unspecified atom stereocenters. The van der Waals surface area contributed by atoms with E-state index in [4.69, 9.17) is 27.9 Å². The molecule has 9 heteroatoms. The first-order chi connectivity index (χ1) is 13.9. The number of fused-ring (bicyclic) bond motifs is 2. The number of anilines is 2. The average Bonchev–Trinajstić information content (AvgIpc) is 2.80. The Morgan fingerprint density at radius 2 is 2.07 bits per heavy atom. The largest absolute Gasteiger partial charge is 0.467 e. The van der Waals surface area contributed by atoms with E-state index in [0.29, 0.717) is 32.3 Å². The Balaban J connectivity index is 1.62. The van der Waals surface area contributed by atoms with Gasteiger partial charge in [0.05, 0.1) is 27.3 Å². The molecule has 1 aliphatic heterocycles. The van der Waals surface area contributed by atoms with Crippen molar-refractivity contribution >= 4 is 57.3 Å². The molecule has 1 atom stereocenters. The molecular formula is C20H16Cl2N4O3. The van der Waals surface area contributed by atoms with E-state index in [1.807, 2.05) is 13.0 Å². The maximum atomic E-state index is 13.0. The number of carbonyl (C=O) groups is 2. The molecule has 0 saturated carbocycles. The van der Waals surface area contributed by atoms with E-state index in [-0.39, 0.29) is 36.8 Å². The fourth-order valence-corrected chi connectivity index (χ4v) is 3.89. The lowest BCUT2D eigenvalue weighted by atomic mass is 10.1. The number of para-hydroxylation sites is 2. The molecule has 2 amide bonds. The zero-order chi connectivity index (χ0) is 20.5. The molecule has 1 aliphatic rings. The fraction of sp³-hybridized carbons (Fsp3) is 0.200. The number of halogens is 2. The van der Waals surface area contributed by atoms with E-state index in [0.717, 1.165) is 0 Å². The summed E-state index contributed by atoms with van der Waals surface area (Å²) in [5, 5.41) is 4.11. The smallest absolute Gasteiger partial charge is 0.265 e. The summed E-state index contributed by atoms with van der Waals surface area (Å²) < 4.78 is 5.71. The second-order valence-corrected chi connectivity index (χ2v) is 7.48. The second-order valence-electron chi connectivity index (χ2n) is 6.63. The number of hydrogen-bond acceptors (Lipinski definition) is 5. The summed E-state index contributed by atoms with van der Waals surface area (Å²) in [7, 11) is 0. The topological polar surface area (TPSA) is 84.4 Å². The number of rotatable bonds is 3. The lowest BCUT2D eigenvalue weighted by Gasteiger charge is -2.27. The highest BCUT2D eigenvalue weighted by atomic mass is 35.5. The van der Waals surface area contributed by atoms with Crippen LogP contribution in [0.1, 0.15) is 13.3 Å². The van der Waals surface area contributed by atoms with Crippen molar-refractivity contribution in [2.75, 3.05) is 16.8 Å². The van der Waals surface area contributed by atoms with Gasteiger partial charge in [-0.2, -0.15) is 0 Å². The SMILES string of the molecule is CC1CC(=O)Nc2ccccc2N1C(=O)COc1ncnc2c(Cl)cc(Cl)cc12. The zero-order valence-corrected chi connectivity index (χ0v) is 16.9. The molecule has 0 spiro atoms. The minimum Gasteiger partial charge on any atom is -0.467 e. The van der Waals surface area contributed by atoms with E-state index >= 15 is 0 Å². The summed E-state index contributed by atoms with van der Waals surface area (Å²) in [6.07, 6.45) is 1.50. The maximum absolute atomic E-state index is 13.0. The quantitative estimate of drug-likeness (QED) is 0.676. The monoisotopic (exact) mass is 430 g/mol. The van der Waals surface area contributed by atoms with Crippen LogP contribution in [0.4, 0.5) is 11.4 Å². The normalized spacial score (nSPS) is 16.2. The van der Waals surface area contributed by atoms with Crippen molar-refractivity contribution in [1.29, 1.82) is 0 Å². The van der Waals surface area contributed by atoms with Gasteiger partial charge in [-0.05, 0) is 31.2 Å². The van der Waals surface area contributed by atoms with Crippen molar-refractivity contribution in [2.45, 2.75) is 19.4 Å².